The number of piperazine rings is 1. The number of aromatic nitrogens is 2. The van der Waals surface area contributed by atoms with Gasteiger partial charge in [0.1, 0.15) is 6.61 Å². The van der Waals surface area contributed by atoms with Crippen LogP contribution in [0.4, 0.5) is 10.7 Å². The summed E-state index contributed by atoms with van der Waals surface area (Å²) in [4.78, 5) is 37.1. The number of amides is 1. The van der Waals surface area contributed by atoms with Gasteiger partial charge in [-0.2, -0.15) is 0 Å². The molecule has 1 aliphatic heterocycles. The zero-order valence-corrected chi connectivity index (χ0v) is 23.3. The van der Waals surface area contributed by atoms with Crippen LogP contribution in [0.15, 0.2) is 97.3 Å². The predicted molar refractivity (Wildman–Crippen MR) is 164 cm³/mol. The zero-order chi connectivity index (χ0) is 28.7. The highest BCUT2D eigenvalue weighted by atomic mass is 16.5. The summed E-state index contributed by atoms with van der Waals surface area (Å²) in [5, 5.41) is 3.10. The Morgan fingerprint density at radius 1 is 0.857 bits per heavy atom. The van der Waals surface area contributed by atoms with Crippen molar-refractivity contribution in [3.63, 3.8) is 0 Å². The normalized spacial score (nSPS) is 15.7. The largest absolute Gasteiger partial charge is 0.449 e. The summed E-state index contributed by atoms with van der Waals surface area (Å²) >= 11 is 0. The first-order valence-electron chi connectivity index (χ1n) is 14.3. The van der Waals surface area contributed by atoms with E-state index in [0.29, 0.717) is 18.1 Å². The van der Waals surface area contributed by atoms with Gasteiger partial charge in [-0.3, -0.25) is 9.69 Å². The predicted octanol–water partition coefficient (Wildman–Crippen LogP) is 5.03. The Hall–Kier alpha value is -4.82. The molecule has 1 unspecified atom stereocenters. The maximum absolute atomic E-state index is 13.1. The lowest BCUT2D eigenvalue weighted by atomic mass is 9.98. The molecule has 1 aromatic heterocycles. The molecule has 2 heterocycles. The molecule has 0 radical (unpaired) electrons. The van der Waals surface area contributed by atoms with Crippen LogP contribution in [0, 0.1) is 0 Å². The molecule has 1 amide bonds. The van der Waals surface area contributed by atoms with Crippen molar-refractivity contribution >= 4 is 24.4 Å². The third kappa shape index (κ3) is 6.24. The highest BCUT2D eigenvalue weighted by Crippen LogP contribution is 2.44. The number of hydrogen-bond donors (Lipinski definition) is 1. The highest BCUT2D eigenvalue weighted by Gasteiger charge is 2.29. The van der Waals surface area contributed by atoms with Crippen LogP contribution in [-0.4, -0.2) is 72.6 Å². The van der Waals surface area contributed by atoms with E-state index < -0.39 is 6.09 Å². The zero-order valence-electron chi connectivity index (χ0n) is 23.3. The topological polar surface area (TPSA) is 87.7 Å². The second kappa shape index (κ2) is 12.8. The van der Waals surface area contributed by atoms with Crippen LogP contribution in [0.25, 0.3) is 17.2 Å². The number of hydrogen-bond acceptors (Lipinski definition) is 7. The van der Waals surface area contributed by atoms with Crippen LogP contribution in [0.5, 0.6) is 0 Å². The summed E-state index contributed by atoms with van der Waals surface area (Å²) in [6, 6.07) is 26.5. The summed E-state index contributed by atoms with van der Waals surface area (Å²) in [6.45, 7) is 4.01. The molecule has 0 bridgehead atoms. The van der Waals surface area contributed by atoms with E-state index in [-0.39, 0.29) is 18.6 Å². The van der Waals surface area contributed by atoms with Crippen molar-refractivity contribution in [1.29, 1.82) is 0 Å². The molecule has 3 aromatic carbocycles. The van der Waals surface area contributed by atoms with E-state index in [1.165, 1.54) is 22.3 Å². The lowest BCUT2D eigenvalue weighted by Gasteiger charge is -2.36. The minimum Gasteiger partial charge on any atom is -0.449 e. The van der Waals surface area contributed by atoms with Gasteiger partial charge in [-0.1, -0.05) is 91.0 Å². The van der Waals surface area contributed by atoms with Gasteiger partial charge < -0.3 is 15.0 Å². The molecule has 8 heteroatoms. The first-order valence-corrected chi connectivity index (χ1v) is 14.3. The molecule has 8 nitrogen and oxygen atoms in total. The number of anilines is 1. The Morgan fingerprint density at radius 2 is 1.48 bits per heavy atom. The van der Waals surface area contributed by atoms with E-state index in [9.17, 15) is 9.59 Å². The van der Waals surface area contributed by atoms with Gasteiger partial charge in [0.05, 0.1) is 11.6 Å². The summed E-state index contributed by atoms with van der Waals surface area (Å²) in [6.07, 6.45) is 7.47. The van der Waals surface area contributed by atoms with Crippen LogP contribution < -0.4 is 10.2 Å². The number of aldehydes is 1. The Labute approximate surface area is 245 Å². The molecule has 212 valence electrons. The van der Waals surface area contributed by atoms with Crippen LogP contribution in [0.1, 0.15) is 33.0 Å². The maximum Gasteiger partial charge on any atom is 0.407 e. The molecule has 1 atom stereocenters. The monoisotopic (exact) mass is 559 g/mol. The molecule has 0 spiro atoms. The Kier molecular flexibility index (Phi) is 8.33. The first-order chi connectivity index (χ1) is 20.7. The number of nitrogens with zero attached hydrogens (tertiary/aromatic N) is 4. The molecule has 0 saturated carbocycles. The van der Waals surface area contributed by atoms with E-state index in [2.05, 4.69) is 49.4 Å². The first kappa shape index (κ1) is 27.4. The van der Waals surface area contributed by atoms with Crippen molar-refractivity contribution in [3.05, 3.63) is 120 Å². The fourth-order valence-electron chi connectivity index (χ4n) is 5.70. The molecule has 6 rings (SSSR count). The van der Waals surface area contributed by atoms with E-state index in [1.807, 2.05) is 66.7 Å². The number of carbonyl (C=O) groups is 2. The van der Waals surface area contributed by atoms with Crippen molar-refractivity contribution in [2.24, 2.45) is 0 Å². The summed E-state index contributed by atoms with van der Waals surface area (Å²) < 4.78 is 5.85. The second-order valence-corrected chi connectivity index (χ2v) is 10.6. The van der Waals surface area contributed by atoms with Gasteiger partial charge in [0.15, 0.2) is 6.29 Å². The minimum atomic E-state index is -0.429. The third-order valence-corrected chi connectivity index (χ3v) is 7.87. The van der Waals surface area contributed by atoms with E-state index in [0.717, 1.165) is 38.0 Å². The number of nitrogens with one attached hydrogen (secondary N) is 1. The van der Waals surface area contributed by atoms with E-state index in [1.54, 1.807) is 12.4 Å². The molecule has 1 saturated heterocycles. The summed E-state index contributed by atoms with van der Waals surface area (Å²) in [7, 11) is 0. The quantitative estimate of drug-likeness (QED) is 0.288. The maximum atomic E-state index is 13.1. The van der Waals surface area contributed by atoms with Gasteiger partial charge >= 0.3 is 6.09 Å². The molecule has 1 fully saturated rings. The fourth-order valence-corrected chi connectivity index (χ4v) is 5.70. The highest BCUT2D eigenvalue weighted by molar-refractivity contribution is 5.79. The van der Waals surface area contributed by atoms with E-state index >= 15 is 0 Å². The SMILES string of the molecule is O=Cc1cnc(N2CCN(CC(/C=C/c3ccccc3)NC(=O)OCC3c4ccccc4-c4ccccc43)CC2)nc1. The number of ether oxygens (including phenoxy) is 1. The number of carbonyl (C=O) groups excluding carboxylic acids is 2. The van der Waals surface area contributed by atoms with Crippen molar-refractivity contribution < 1.29 is 14.3 Å². The van der Waals surface area contributed by atoms with Crippen molar-refractivity contribution in [3.8, 4) is 11.1 Å². The molecule has 2 aliphatic rings. The molecule has 42 heavy (non-hydrogen) atoms. The second-order valence-electron chi connectivity index (χ2n) is 10.6. The molecule has 1 aliphatic carbocycles. The van der Waals surface area contributed by atoms with Gasteiger partial charge in [0.2, 0.25) is 5.95 Å². The third-order valence-electron chi connectivity index (χ3n) is 7.87. The summed E-state index contributed by atoms with van der Waals surface area (Å²) in [5.74, 6) is 0.634. The Morgan fingerprint density at radius 3 is 2.12 bits per heavy atom. The molecular formula is C34H33N5O3. The Balaban J connectivity index is 1.09. The molecule has 1 N–H and O–H groups in total. The molecule has 4 aromatic rings. The number of benzene rings is 3. The lowest BCUT2D eigenvalue weighted by Crippen LogP contribution is -2.51. The smallest absolute Gasteiger partial charge is 0.407 e. The standard InChI is InChI=1S/C34H33N5O3/c40-23-26-20-35-33(36-21-26)39-18-16-38(17-19-39)22-27(15-14-25-8-2-1-3-9-25)37-34(41)42-24-32-30-12-6-4-10-28(30)29-11-5-7-13-31(29)32/h1-15,20-21,23,27,32H,16-19,22,24H2,(H,37,41)/b15-14+. The summed E-state index contributed by atoms with van der Waals surface area (Å²) in [5.41, 5.74) is 6.32. The van der Waals surface area contributed by atoms with Gasteiger partial charge in [-0.25, -0.2) is 14.8 Å². The lowest BCUT2D eigenvalue weighted by molar-refractivity contribution is 0.112. The number of alkyl carbamates (subject to hydrolysis) is 1. The van der Waals surface area contributed by atoms with Gasteiger partial charge in [0.25, 0.3) is 0 Å². The van der Waals surface area contributed by atoms with Gasteiger partial charge in [0, 0.05) is 51.0 Å². The van der Waals surface area contributed by atoms with Crippen LogP contribution in [0.2, 0.25) is 0 Å². The average molecular weight is 560 g/mol. The van der Waals surface area contributed by atoms with Crippen LogP contribution in [-0.2, 0) is 4.74 Å². The van der Waals surface area contributed by atoms with Crippen LogP contribution >= 0.6 is 0 Å². The van der Waals surface area contributed by atoms with Crippen molar-refractivity contribution in [2.45, 2.75) is 12.0 Å². The van der Waals surface area contributed by atoms with Crippen LogP contribution in [0.3, 0.4) is 0 Å². The van der Waals surface area contributed by atoms with E-state index in [4.69, 9.17) is 4.74 Å². The number of rotatable bonds is 9. The minimum absolute atomic E-state index is 0.0114. The van der Waals surface area contributed by atoms with Crippen molar-refractivity contribution in [1.82, 2.24) is 20.2 Å². The number of fused-ring (bicyclic) bond motifs is 3. The van der Waals surface area contributed by atoms with Gasteiger partial charge in [-0.05, 0) is 27.8 Å². The van der Waals surface area contributed by atoms with Crippen molar-refractivity contribution in [2.75, 3.05) is 44.2 Å². The molecular weight excluding hydrogens is 526 g/mol. The fraction of sp³-hybridized carbons (Fsp3) is 0.235. The average Bonchev–Trinajstić information content (AvgIpc) is 3.37. The Bertz CT molecular complexity index is 1500. The van der Waals surface area contributed by atoms with Gasteiger partial charge in [-0.15, -0.1) is 0 Å².